The number of hydrogen-bond donors (Lipinski definition) is 1. The highest BCUT2D eigenvalue weighted by molar-refractivity contribution is 5.13. The molecule has 0 radical (unpaired) electrons. The maximum Gasteiger partial charge on any atom is 0.0860 e. The first-order chi connectivity index (χ1) is 8.12. The van der Waals surface area contributed by atoms with Crippen LogP contribution in [-0.4, -0.2) is 10.7 Å². The molecule has 0 amide bonds. The van der Waals surface area contributed by atoms with Gasteiger partial charge in [-0.3, -0.25) is 0 Å². The molecule has 96 valence electrons. The van der Waals surface area contributed by atoms with E-state index in [4.69, 9.17) is 0 Å². The molecule has 0 heterocycles. The van der Waals surface area contributed by atoms with Gasteiger partial charge < -0.3 is 5.11 Å². The molecule has 0 atom stereocenters. The van der Waals surface area contributed by atoms with Crippen LogP contribution in [0.5, 0.6) is 0 Å². The van der Waals surface area contributed by atoms with Gasteiger partial charge >= 0.3 is 0 Å². The lowest BCUT2D eigenvalue weighted by molar-refractivity contribution is -0.0877. The number of nitrogens with zero attached hydrogens (tertiary/aromatic N) is 1. The number of aliphatic hydroxyl groups is 1. The third-order valence-electron chi connectivity index (χ3n) is 5.16. The lowest BCUT2D eigenvalue weighted by Crippen LogP contribution is -2.49. The Morgan fingerprint density at radius 2 is 1.53 bits per heavy atom. The molecular formula is C15H25NO. The smallest absolute Gasteiger partial charge is 0.0860 e. The van der Waals surface area contributed by atoms with Crippen molar-refractivity contribution in [1.29, 1.82) is 5.26 Å². The van der Waals surface area contributed by atoms with E-state index in [0.29, 0.717) is 0 Å². The van der Waals surface area contributed by atoms with Gasteiger partial charge in [-0.25, -0.2) is 0 Å². The average molecular weight is 235 g/mol. The Labute approximate surface area is 105 Å². The molecule has 17 heavy (non-hydrogen) atoms. The monoisotopic (exact) mass is 235 g/mol. The summed E-state index contributed by atoms with van der Waals surface area (Å²) in [5.41, 5.74) is -1.14. The normalized spacial score (nSPS) is 38.1. The molecule has 2 aliphatic rings. The topological polar surface area (TPSA) is 44.0 Å². The van der Waals surface area contributed by atoms with Gasteiger partial charge in [0, 0.05) is 0 Å². The van der Waals surface area contributed by atoms with E-state index < -0.39 is 11.0 Å². The van der Waals surface area contributed by atoms with Crippen LogP contribution in [0.4, 0.5) is 0 Å². The van der Waals surface area contributed by atoms with E-state index in [1.54, 1.807) is 0 Å². The molecule has 2 nitrogen and oxygen atoms in total. The van der Waals surface area contributed by atoms with Crippen LogP contribution in [0, 0.1) is 22.7 Å². The molecule has 0 bridgehead atoms. The second-order valence-corrected chi connectivity index (χ2v) is 6.32. The molecule has 2 heteroatoms. The van der Waals surface area contributed by atoms with E-state index >= 15 is 0 Å². The minimum absolute atomic E-state index is 0.441. The maximum atomic E-state index is 11.0. The molecule has 0 aliphatic heterocycles. The summed E-state index contributed by atoms with van der Waals surface area (Å²) in [7, 11) is 0. The van der Waals surface area contributed by atoms with Crippen LogP contribution >= 0.6 is 0 Å². The van der Waals surface area contributed by atoms with Gasteiger partial charge in [-0.1, -0.05) is 32.6 Å². The van der Waals surface area contributed by atoms with Gasteiger partial charge in [-0.05, 0) is 44.4 Å². The Kier molecular flexibility index (Phi) is 3.78. The highest BCUT2D eigenvalue weighted by Gasteiger charge is 2.51. The third-order valence-corrected chi connectivity index (χ3v) is 5.16. The molecule has 0 saturated heterocycles. The summed E-state index contributed by atoms with van der Waals surface area (Å²) in [5, 5.41) is 20.6. The van der Waals surface area contributed by atoms with E-state index in [1.165, 1.54) is 12.8 Å². The van der Waals surface area contributed by atoms with Gasteiger partial charge in [0.1, 0.15) is 0 Å². The molecule has 0 unspecified atom stereocenters. The van der Waals surface area contributed by atoms with E-state index in [0.717, 1.165) is 57.3 Å². The summed E-state index contributed by atoms with van der Waals surface area (Å²) in [5.74, 6) is 0.728. The van der Waals surface area contributed by atoms with E-state index in [2.05, 4.69) is 13.0 Å². The van der Waals surface area contributed by atoms with Crippen molar-refractivity contribution < 1.29 is 5.11 Å². The maximum absolute atomic E-state index is 11.0. The lowest BCUT2D eigenvalue weighted by Gasteiger charge is -2.46. The summed E-state index contributed by atoms with van der Waals surface area (Å²) in [4.78, 5) is 0. The number of hydrogen-bond acceptors (Lipinski definition) is 2. The van der Waals surface area contributed by atoms with Crippen LogP contribution in [0.1, 0.15) is 71.1 Å². The van der Waals surface area contributed by atoms with Crippen LogP contribution in [0.25, 0.3) is 0 Å². The molecule has 1 N–H and O–H groups in total. The van der Waals surface area contributed by atoms with Crippen molar-refractivity contribution in [2.24, 2.45) is 11.3 Å². The van der Waals surface area contributed by atoms with Crippen molar-refractivity contribution in [2.45, 2.75) is 76.7 Å². The minimum atomic E-state index is -0.696. The summed E-state index contributed by atoms with van der Waals surface area (Å²) in [6.07, 6.45) is 10.3. The lowest BCUT2D eigenvalue weighted by atomic mass is 9.60. The van der Waals surface area contributed by atoms with Crippen molar-refractivity contribution >= 4 is 0 Å². The van der Waals surface area contributed by atoms with E-state index in [-0.39, 0.29) is 0 Å². The van der Waals surface area contributed by atoms with Gasteiger partial charge in [-0.2, -0.15) is 5.26 Å². The second kappa shape index (κ2) is 4.98. The van der Waals surface area contributed by atoms with Crippen molar-refractivity contribution in [3.63, 3.8) is 0 Å². The fourth-order valence-corrected chi connectivity index (χ4v) is 3.73. The number of nitriles is 1. The van der Waals surface area contributed by atoms with Crippen LogP contribution < -0.4 is 0 Å². The molecule has 2 fully saturated rings. The van der Waals surface area contributed by atoms with Crippen LogP contribution in [0.3, 0.4) is 0 Å². The highest BCUT2D eigenvalue weighted by atomic mass is 16.3. The largest absolute Gasteiger partial charge is 0.388 e. The van der Waals surface area contributed by atoms with Crippen molar-refractivity contribution in [3.05, 3.63) is 0 Å². The predicted octanol–water partition coefficient (Wildman–Crippen LogP) is 3.79. The van der Waals surface area contributed by atoms with E-state index in [1.807, 2.05) is 0 Å². The first-order valence-corrected chi connectivity index (χ1v) is 7.26. The van der Waals surface area contributed by atoms with Gasteiger partial charge in [0.05, 0.1) is 17.1 Å². The molecular weight excluding hydrogens is 210 g/mol. The minimum Gasteiger partial charge on any atom is -0.388 e. The first-order valence-electron chi connectivity index (χ1n) is 7.26. The molecule has 0 spiro atoms. The van der Waals surface area contributed by atoms with Crippen LogP contribution in [-0.2, 0) is 0 Å². The first kappa shape index (κ1) is 12.9. The predicted molar refractivity (Wildman–Crippen MR) is 68.3 cm³/mol. The summed E-state index contributed by atoms with van der Waals surface area (Å²) >= 11 is 0. The Bertz CT molecular complexity index is 289. The van der Waals surface area contributed by atoms with Crippen molar-refractivity contribution in [2.75, 3.05) is 0 Å². The molecule has 2 aliphatic carbocycles. The zero-order valence-corrected chi connectivity index (χ0v) is 11.0. The van der Waals surface area contributed by atoms with E-state index in [9.17, 15) is 10.4 Å². The Morgan fingerprint density at radius 1 is 1.00 bits per heavy atom. The Balaban J connectivity index is 2.18. The van der Waals surface area contributed by atoms with Gasteiger partial charge in [-0.15, -0.1) is 0 Å². The fourth-order valence-electron chi connectivity index (χ4n) is 3.73. The second-order valence-electron chi connectivity index (χ2n) is 6.32. The number of rotatable bonds is 1. The molecule has 0 aromatic heterocycles. The molecule has 0 aromatic rings. The molecule has 2 saturated carbocycles. The molecule has 0 aromatic carbocycles. The summed E-state index contributed by atoms with van der Waals surface area (Å²) in [6.45, 7) is 2.26. The van der Waals surface area contributed by atoms with Gasteiger partial charge in [0.2, 0.25) is 0 Å². The zero-order valence-electron chi connectivity index (χ0n) is 11.0. The van der Waals surface area contributed by atoms with Crippen molar-refractivity contribution in [3.8, 4) is 6.07 Å². The SMILES string of the molecule is CC1CCC(C#N)(C2(O)CCCCCC2)CC1. The fraction of sp³-hybridized carbons (Fsp3) is 0.933. The molecule has 2 rings (SSSR count). The average Bonchev–Trinajstić information content (AvgIpc) is 2.57. The zero-order chi connectivity index (χ0) is 12.4. The Hall–Kier alpha value is -0.550. The highest BCUT2D eigenvalue weighted by Crippen LogP contribution is 2.51. The standard InChI is InChI=1S/C15H25NO/c1-13-6-10-14(12-16,11-7-13)15(17)8-4-2-3-5-9-15/h13,17H,2-11H2,1H3. The van der Waals surface area contributed by atoms with Gasteiger partial charge in [0.25, 0.3) is 0 Å². The summed E-state index contributed by atoms with van der Waals surface area (Å²) in [6, 6.07) is 2.53. The Morgan fingerprint density at radius 3 is 2.00 bits per heavy atom. The van der Waals surface area contributed by atoms with Crippen molar-refractivity contribution in [1.82, 2.24) is 0 Å². The van der Waals surface area contributed by atoms with Crippen LogP contribution in [0.2, 0.25) is 0 Å². The quantitative estimate of drug-likeness (QED) is 0.703. The van der Waals surface area contributed by atoms with Gasteiger partial charge in [0.15, 0.2) is 0 Å². The van der Waals surface area contributed by atoms with Crippen LogP contribution in [0.15, 0.2) is 0 Å². The summed E-state index contributed by atoms with van der Waals surface area (Å²) < 4.78 is 0. The third kappa shape index (κ3) is 2.36.